The summed E-state index contributed by atoms with van der Waals surface area (Å²) >= 11 is 11.4. The van der Waals surface area contributed by atoms with Gasteiger partial charge in [0.2, 0.25) is 0 Å². The summed E-state index contributed by atoms with van der Waals surface area (Å²) in [7, 11) is 0. The van der Waals surface area contributed by atoms with Gasteiger partial charge >= 0.3 is 0 Å². The molecule has 0 N–H and O–H groups in total. The van der Waals surface area contributed by atoms with Crippen LogP contribution in [0.2, 0.25) is 5.02 Å². The number of nitrogens with zero attached hydrogens (tertiary/aromatic N) is 2. The van der Waals surface area contributed by atoms with Crippen LogP contribution >= 0.6 is 23.2 Å². The number of halogens is 3. The van der Waals surface area contributed by atoms with E-state index >= 15 is 0 Å². The maximum absolute atomic E-state index is 12.9. The summed E-state index contributed by atoms with van der Waals surface area (Å²) in [6.07, 6.45) is 0. The lowest BCUT2D eigenvalue weighted by Gasteiger charge is -1.96. The van der Waals surface area contributed by atoms with Crippen molar-refractivity contribution in [2.24, 2.45) is 0 Å². The number of aromatic nitrogens is 2. The van der Waals surface area contributed by atoms with Crippen LogP contribution in [-0.4, -0.2) is 10.1 Å². The zero-order valence-corrected chi connectivity index (χ0v) is 9.76. The summed E-state index contributed by atoms with van der Waals surface area (Å²) in [6, 6.07) is 4.18. The van der Waals surface area contributed by atoms with E-state index in [0.717, 1.165) is 0 Å². The molecule has 84 valence electrons. The fraction of sp³-hybridized carbons (Fsp3) is 0.200. The van der Waals surface area contributed by atoms with Crippen molar-refractivity contribution in [2.75, 3.05) is 0 Å². The third-order valence-electron chi connectivity index (χ3n) is 1.96. The van der Waals surface area contributed by atoms with E-state index in [1.54, 1.807) is 6.92 Å². The second kappa shape index (κ2) is 4.39. The summed E-state index contributed by atoms with van der Waals surface area (Å²) in [5.74, 6) is 0.164. The molecule has 3 nitrogen and oxygen atoms in total. The predicted octanol–water partition coefficient (Wildman–Crippen LogP) is 3.83. The van der Waals surface area contributed by atoms with Gasteiger partial charge in [-0.15, -0.1) is 11.6 Å². The smallest absolute Gasteiger partial charge is 0.258 e. The van der Waals surface area contributed by atoms with Crippen LogP contribution in [0.1, 0.15) is 18.1 Å². The minimum atomic E-state index is -0.490. The van der Waals surface area contributed by atoms with Crippen molar-refractivity contribution in [1.82, 2.24) is 10.1 Å². The topological polar surface area (TPSA) is 38.9 Å². The molecule has 0 saturated heterocycles. The second-order valence-electron chi connectivity index (χ2n) is 3.20. The van der Waals surface area contributed by atoms with E-state index < -0.39 is 5.82 Å². The van der Waals surface area contributed by atoms with Gasteiger partial charge in [0.15, 0.2) is 5.82 Å². The number of benzene rings is 1. The first-order valence-electron chi connectivity index (χ1n) is 4.51. The summed E-state index contributed by atoms with van der Waals surface area (Å²) in [5, 5.41) is 3.36. The van der Waals surface area contributed by atoms with E-state index in [1.807, 2.05) is 0 Å². The molecule has 0 spiro atoms. The highest BCUT2D eigenvalue weighted by Gasteiger charge is 2.13. The third-order valence-corrected chi connectivity index (χ3v) is 2.45. The van der Waals surface area contributed by atoms with Crippen LogP contribution < -0.4 is 0 Å². The Balaban J connectivity index is 2.39. The first-order chi connectivity index (χ1) is 7.58. The lowest BCUT2D eigenvalue weighted by Crippen LogP contribution is -1.87. The van der Waals surface area contributed by atoms with Gasteiger partial charge in [-0.1, -0.05) is 16.8 Å². The fourth-order valence-electron chi connectivity index (χ4n) is 1.14. The molecule has 0 aliphatic heterocycles. The van der Waals surface area contributed by atoms with E-state index in [1.165, 1.54) is 18.2 Å². The molecule has 1 heterocycles. The van der Waals surface area contributed by atoms with Crippen molar-refractivity contribution < 1.29 is 8.91 Å². The zero-order chi connectivity index (χ0) is 11.7. The van der Waals surface area contributed by atoms with Crippen LogP contribution in [0.15, 0.2) is 22.7 Å². The summed E-state index contributed by atoms with van der Waals surface area (Å²) in [4.78, 5) is 4.06. The minimum absolute atomic E-state index is 0.0103. The van der Waals surface area contributed by atoms with Crippen molar-refractivity contribution >= 4 is 23.2 Å². The van der Waals surface area contributed by atoms with Crippen molar-refractivity contribution in [2.45, 2.75) is 12.3 Å². The molecule has 0 saturated carbocycles. The average Bonchev–Trinajstić information content (AvgIpc) is 2.71. The van der Waals surface area contributed by atoms with Crippen LogP contribution in [0, 0.1) is 5.82 Å². The molecule has 0 amide bonds. The highest BCUT2D eigenvalue weighted by atomic mass is 35.5. The van der Waals surface area contributed by atoms with Crippen LogP contribution in [0.4, 0.5) is 4.39 Å². The number of rotatable bonds is 2. The second-order valence-corrected chi connectivity index (χ2v) is 4.26. The van der Waals surface area contributed by atoms with Gasteiger partial charge in [-0.25, -0.2) is 4.39 Å². The Bertz CT molecular complexity index is 513. The van der Waals surface area contributed by atoms with Gasteiger partial charge in [0.25, 0.3) is 5.89 Å². The van der Waals surface area contributed by atoms with Crippen molar-refractivity contribution in [3.8, 4) is 11.5 Å². The molecule has 1 aromatic heterocycles. The lowest BCUT2D eigenvalue weighted by atomic mass is 10.2. The Morgan fingerprint density at radius 2 is 2.19 bits per heavy atom. The van der Waals surface area contributed by atoms with Crippen LogP contribution in [-0.2, 0) is 0 Å². The number of alkyl halides is 1. The monoisotopic (exact) mass is 260 g/mol. The van der Waals surface area contributed by atoms with Crippen LogP contribution in [0.5, 0.6) is 0 Å². The van der Waals surface area contributed by atoms with E-state index in [9.17, 15) is 4.39 Å². The van der Waals surface area contributed by atoms with Crippen molar-refractivity contribution in [3.05, 3.63) is 34.9 Å². The Labute approximate surface area is 101 Å². The Morgan fingerprint density at radius 1 is 1.44 bits per heavy atom. The SMILES string of the molecule is CC(Cl)c1noc(-c2ccc(F)c(Cl)c2)n1. The molecule has 6 heteroatoms. The highest BCUT2D eigenvalue weighted by Crippen LogP contribution is 2.25. The Kier molecular flexibility index (Phi) is 3.12. The highest BCUT2D eigenvalue weighted by molar-refractivity contribution is 6.31. The first kappa shape index (κ1) is 11.4. The number of hydrogen-bond acceptors (Lipinski definition) is 3. The molecule has 2 rings (SSSR count). The zero-order valence-electron chi connectivity index (χ0n) is 8.25. The van der Waals surface area contributed by atoms with Gasteiger partial charge in [-0.3, -0.25) is 0 Å². The molecule has 0 bridgehead atoms. The van der Waals surface area contributed by atoms with Gasteiger partial charge < -0.3 is 4.52 Å². The van der Waals surface area contributed by atoms with Gasteiger partial charge in [0.05, 0.1) is 10.4 Å². The maximum Gasteiger partial charge on any atom is 0.258 e. The predicted molar refractivity (Wildman–Crippen MR) is 59.0 cm³/mol. The van der Waals surface area contributed by atoms with E-state index in [2.05, 4.69) is 10.1 Å². The molecule has 1 unspecified atom stereocenters. The van der Waals surface area contributed by atoms with Gasteiger partial charge in [-0.2, -0.15) is 4.98 Å². The molecule has 1 aromatic carbocycles. The quantitative estimate of drug-likeness (QED) is 0.771. The lowest BCUT2D eigenvalue weighted by molar-refractivity contribution is 0.422. The summed E-state index contributed by atoms with van der Waals surface area (Å²) in [5.41, 5.74) is 0.558. The Morgan fingerprint density at radius 3 is 2.75 bits per heavy atom. The summed E-state index contributed by atoms with van der Waals surface area (Å²) in [6.45, 7) is 1.73. The number of hydrogen-bond donors (Lipinski definition) is 0. The third kappa shape index (κ3) is 2.18. The molecule has 0 radical (unpaired) electrons. The molecule has 0 aliphatic carbocycles. The first-order valence-corrected chi connectivity index (χ1v) is 5.32. The van der Waals surface area contributed by atoms with Crippen molar-refractivity contribution in [3.63, 3.8) is 0 Å². The molecular formula is C10H7Cl2FN2O. The van der Waals surface area contributed by atoms with Crippen LogP contribution in [0.25, 0.3) is 11.5 Å². The van der Waals surface area contributed by atoms with Crippen molar-refractivity contribution in [1.29, 1.82) is 0 Å². The molecule has 1 atom stereocenters. The normalized spacial score (nSPS) is 12.8. The fourth-order valence-corrected chi connectivity index (χ4v) is 1.41. The largest absolute Gasteiger partial charge is 0.334 e. The molecule has 16 heavy (non-hydrogen) atoms. The molecule has 0 aliphatic rings. The maximum atomic E-state index is 12.9. The minimum Gasteiger partial charge on any atom is -0.334 e. The van der Waals surface area contributed by atoms with Crippen LogP contribution in [0.3, 0.4) is 0 Å². The van der Waals surface area contributed by atoms with E-state index in [4.69, 9.17) is 27.7 Å². The van der Waals surface area contributed by atoms with Gasteiger partial charge in [-0.05, 0) is 25.1 Å². The standard InChI is InChI=1S/C10H7Cl2FN2O/c1-5(11)9-14-10(16-15-9)6-2-3-8(13)7(12)4-6/h2-5H,1H3. The molecule has 2 aromatic rings. The Hall–Kier alpha value is -1.13. The molecule has 0 fully saturated rings. The summed E-state index contributed by atoms with van der Waals surface area (Å²) < 4.78 is 17.9. The van der Waals surface area contributed by atoms with Gasteiger partial charge in [0.1, 0.15) is 5.82 Å². The average molecular weight is 261 g/mol. The van der Waals surface area contributed by atoms with E-state index in [0.29, 0.717) is 11.4 Å². The van der Waals surface area contributed by atoms with Gasteiger partial charge in [0, 0.05) is 5.56 Å². The molecular weight excluding hydrogens is 254 g/mol. The van der Waals surface area contributed by atoms with E-state index in [-0.39, 0.29) is 16.3 Å².